The molecule has 130 valence electrons. The second-order valence-corrected chi connectivity index (χ2v) is 6.60. The molecule has 1 aromatic rings. The van der Waals surface area contributed by atoms with Gasteiger partial charge in [-0.15, -0.1) is 0 Å². The number of nitriles is 1. The number of amides is 1. The Balaban J connectivity index is 1.95. The standard InChI is InChI=1S/C19H27N3O2/c1-21(14-16-8-5-6-11-18(16)23)15-19(24)22(13-7-12-20)17-9-3-2-4-10-17/h2-4,9-10,16,18,23H,5-8,11,13-15H2,1H3. The van der Waals surface area contributed by atoms with E-state index < -0.39 is 0 Å². The molecule has 5 nitrogen and oxygen atoms in total. The zero-order valence-corrected chi connectivity index (χ0v) is 14.4. The molecule has 2 atom stereocenters. The summed E-state index contributed by atoms with van der Waals surface area (Å²) in [6.07, 6.45) is 4.20. The quantitative estimate of drug-likeness (QED) is 0.834. The van der Waals surface area contributed by atoms with Crippen LogP contribution in [-0.2, 0) is 4.79 Å². The lowest BCUT2D eigenvalue weighted by Gasteiger charge is -2.32. The number of para-hydroxylation sites is 1. The van der Waals surface area contributed by atoms with Gasteiger partial charge >= 0.3 is 0 Å². The van der Waals surface area contributed by atoms with Crippen LogP contribution < -0.4 is 4.90 Å². The van der Waals surface area contributed by atoms with Gasteiger partial charge in [0.15, 0.2) is 0 Å². The second-order valence-electron chi connectivity index (χ2n) is 6.60. The molecule has 1 amide bonds. The van der Waals surface area contributed by atoms with E-state index >= 15 is 0 Å². The molecular weight excluding hydrogens is 302 g/mol. The average molecular weight is 329 g/mol. The van der Waals surface area contributed by atoms with Crippen LogP contribution in [0.2, 0.25) is 0 Å². The Bertz CT molecular complexity index is 555. The fraction of sp³-hybridized carbons (Fsp3) is 0.579. The van der Waals surface area contributed by atoms with Crippen LogP contribution in [0.3, 0.4) is 0 Å². The first-order valence-corrected chi connectivity index (χ1v) is 8.70. The van der Waals surface area contributed by atoms with Crippen LogP contribution in [0, 0.1) is 17.2 Å². The minimum absolute atomic E-state index is 0.00995. The summed E-state index contributed by atoms with van der Waals surface area (Å²) in [5.74, 6) is 0.241. The molecule has 0 bridgehead atoms. The third-order valence-electron chi connectivity index (χ3n) is 4.64. The number of carbonyl (C=O) groups excluding carboxylic acids is 1. The average Bonchev–Trinajstić information content (AvgIpc) is 2.58. The number of rotatable bonds is 7. The summed E-state index contributed by atoms with van der Waals surface area (Å²) in [5.41, 5.74) is 0.823. The van der Waals surface area contributed by atoms with Crippen LogP contribution in [0.15, 0.2) is 30.3 Å². The first-order valence-electron chi connectivity index (χ1n) is 8.70. The van der Waals surface area contributed by atoms with Gasteiger partial charge in [0, 0.05) is 18.8 Å². The lowest BCUT2D eigenvalue weighted by molar-refractivity contribution is -0.119. The van der Waals surface area contributed by atoms with E-state index in [9.17, 15) is 9.90 Å². The van der Waals surface area contributed by atoms with Gasteiger partial charge in [0.25, 0.3) is 0 Å². The Hall–Kier alpha value is -1.90. The smallest absolute Gasteiger partial charge is 0.241 e. The number of anilines is 1. The van der Waals surface area contributed by atoms with E-state index in [4.69, 9.17) is 5.26 Å². The first-order chi connectivity index (χ1) is 11.6. The summed E-state index contributed by atoms with van der Waals surface area (Å²) in [4.78, 5) is 16.4. The molecule has 0 aromatic heterocycles. The van der Waals surface area contributed by atoms with E-state index in [1.165, 1.54) is 0 Å². The van der Waals surface area contributed by atoms with Crippen molar-refractivity contribution >= 4 is 11.6 Å². The molecule has 1 fully saturated rings. The molecule has 0 heterocycles. The fourth-order valence-corrected chi connectivity index (χ4v) is 3.35. The molecule has 1 saturated carbocycles. The summed E-state index contributed by atoms with van der Waals surface area (Å²) >= 11 is 0. The highest BCUT2D eigenvalue weighted by Gasteiger charge is 2.25. The van der Waals surface area contributed by atoms with Crippen molar-refractivity contribution in [1.29, 1.82) is 5.26 Å². The van der Waals surface area contributed by atoms with Gasteiger partial charge in [-0.05, 0) is 37.9 Å². The van der Waals surface area contributed by atoms with Crippen molar-refractivity contribution in [2.45, 2.75) is 38.2 Å². The van der Waals surface area contributed by atoms with Gasteiger partial charge < -0.3 is 10.0 Å². The van der Waals surface area contributed by atoms with Crippen molar-refractivity contribution in [2.75, 3.05) is 31.6 Å². The van der Waals surface area contributed by atoms with Crippen molar-refractivity contribution in [3.8, 4) is 6.07 Å². The molecule has 1 aliphatic rings. The normalized spacial score (nSPS) is 20.6. The summed E-state index contributed by atoms with van der Waals surface area (Å²) in [6.45, 7) is 1.43. The Morgan fingerprint density at radius 3 is 2.67 bits per heavy atom. The molecule has 0 saturated heterocycles. The number of carbonyl (C=O) groups is 1. The minimum Gasteiger partial charge on any atom is -0.393 e. The molecule has 2 unspecified atom stereocenters. The van der Waals surface area contributed by atoms with E-state index in [0.29, 0.717) is 19.5 Å². The third-order valence-corrected chi connectivity index (χ3v) is 4.64. The Morgan fingerprint density at radius 1 is 1.29 bits per heavy atom. The van der Waals surface area contributed by atoms with E-state index in [1.807, 2.05) is 42.3 Å². The molecule has 0 aliphatic heterocycles. The van der Waals surface area contributed by atoms with Crippen molar-refractivity contribution in [1.82, 2.24) is 4.90 Å². The highest BCUT2D eigenvalue weighted by Crippen LogP contribution is 2.25. The van der Waals surface area contributed by atoms with Crippen LogP contribution >= 0.6 is 0 Å². The van der Waals surface area contributed by atoms with Crippen LogP contribution in [0.25, 0.3) is 0 Å². The SMILES string of the molecule is CN(CC(=O)N(CCC#N)c1ccccc1)CC1CCCCC1O. The molecule has 2 rings (SSSR count). The van der Waals surface area contributed by atoms with Crippen LogP contribution in [0.5, 0.6) is 0 Å². The molecule has 1 aromatic carbocycles. The van der Waals surface area contributed by atoms with Gasteiger partial charge in [-0.3, -0.25) is 9.69 Å². The van der Waals surface area contributed by atoms with Gasteiger partial charge in [-0.25, -0.2) is 0 Å². The topological polar surface area (TPSA) is 67.6 Å². The van der Waals surface area contributed by atoms with Crippen LogP contribution in [0.4, 0.5) is 5.69 Å². The summed E-state index contributed by atoms with van der Waals surface area (Å²) in [7, 11) is 1.92. The number of hydrogen-bond donors (Lipinski definition) is 1. The van der Waals surface area contributed by atoms with E-state index in [-0.39, 0.29) is 17.9 Å². The molecule has 24 heavy (non-hydrogen) atoms. The maximum absolute atomic E-state index is 12.7. The second kappa shape index (κ2) is 9.41. The number of aliphatic hydroxyl groups is 1. The van der Waals surface area contributed by atoms with Crippen LogP contribution in [-0.4, -0.2) is 48.7 Å². The molecule has 5 heteroatoms. The molecule has 0 radical (unpaired) electrons. The summed E-state index contributed by atoms with van der Waals surface area (Å²) in [6, 6.07) is 11.6. The number of hydrogen-bond acceptors (Lipinski definition) is 4. The van der Waals surface area contributed by atoms with Gasteiger partial charge in [0.2, 0.25) is 5.91 Å². The lowest BCUT2D eigenvalue weighted by Crippen LogP contribution is -2.42. The van der Waals surface area contributed by atoms with Crippen LogP contribution in [0.1, 0.15) is 32.1 Å². The van der Waals surface area contributed by atoms with E-state index in [0.717, 1.165) is 37.9 Å². The zero-order valence-electron chi connectivity index (χ0n) is 14.4. The first kappa shape index (κ1) is 18.4. The van der Waals surface area contributed by atoms with E-state index in [2.05, 4.69) is 6.07 Å². The van der Waals surface area contributed by atoms with Crippen molar-refractivity contribution in [3.05, 3.63) is 30.3 Å². The predicted molar refractivity (Wildman–Crippen MR) is 94.5 cm³/mol. The van der Waals surface area contributed by atoms with Crippen molar-refractivity contribution in [2.24, 2.45) is 5.92 Å². The molecular formula is C19H27N3O2. The summed E-state index contributed by atoms with van der Waals surface area (Å²) in [5, 5.41) is 18.9. The minimum atomic E-state index is -0.250. The Morgan fingerprint density at radius 2 is 2.00 bits per heavy atom. The zero-order chi connectivity index (χ0) is 17.4. The van der Waals surface area contributed by atoms with Gasteiger partial charge in [0.05, 0.1) is 25.1 Å². The maximum atomic E-state index is 12.7. The van der Waals surface area contributed by atoms with E-state index in [1.54, 1.807) is 4.90 Å². The molecule has 1 N–H and O–H groups in total. The Kier molecular flexibility index (Phi) is 7.23. The maximum Gasteiger partial charge on any atom is 0.241 e. The third kappa shape index (κ3) is 5.33. The van der Waals surface area contributed by atoms with Crippen molar-refractivity contribution < 1.29 is 9.90 Å². The van der Waals surface area contributed by atoms with Gasteiger partial charge in [0.1, 0.15) is 0 Å². The predicted octanol–water partition coefficient (Wildman–Crippen LogP) is 2.42. The Labute approximate surface area is 144 Å². The highest BCUT2D eigenvalue weighted by molar-refractivity contribution is 5.94. The number of likely N-dealkylation sites (N-methyl/N-ethyl adjacent to an activating group) is 1. The highest BCUT2D eigenvalue weighted by atomic mass is 16.3. The van der Waals surface area contributed by atoms with Gasteiger partial charge in [-0.2, -0.15) is 5.26 Å². The number of nitrogens with zero attached hydrogens (tertiary/aromatic N) is 3. The van der Waals surface area contributed by atoms with Gasteiger partial charge in [-0.1, -0.05) is 31.0 Å². The summed E-state index contributed by atoms with van der Waals surface area (Å²) < 4.78 is 0. The monoisotopic (exact) mass is 329 g/mol. The van der Waals surface area contributed by atoms with Crippen molar-refractivity contribution in [3.63, 3.8) is 0 Å². The number of aliphatic hydroxyl groups excluding tert-OH is 1. The number of benzene rings is 1. The molecule has 1 aliphatic carbocycles. The fourth-order valence-electron chi connectivity index (χ4n) is 3.35. The lowest BCUT2D eigenvalue weighted by atomic mass is 9.86. The molecule has 0 spiro atoms. The largest absolute Gasteiger partial charge is 0.393 e.